The van der Waals surface area contributed by atoms with Crippen molar-refractivity contribution in [3.63, 3.8) is 0 Å². The van der Waals surface area contributed by atoms with Crippen LogP contribution in [0.1, 0.15) is 0 Å². The van der Waals surface area contributed by atoms with Crippen LogP contribution in [0.4, 0.5) is 20.6 Å². The van der Waals surface area contributed by atoms with Crippen molar-refractivity contribution in [2.24, 2.45) is 0 Å². The summed E-state index contributed by atoms with van der Waals surface area (Å²) in [4.78, 5) is 25.5. The van der Waals surface area contributed by atoms with E-state index in [0.29, 0.717) is 37.7 Å². The summed E-state index contributed by atoms with van der Waals surface area (Å²) in [6, 6.07) is 4.62. The number of benzene rings is 1. The Kier molecular flexibility index (Phi) is 6.05. The van der Waals surface area contributed by atoms with Crippen LogP contribution in [-0.4, -0.2) is 62.3 Å². The fourth-order valence-corrected chi connectivity index (χ4v) is 3.01. The summed E-state index contributed by atoms with van der Waals surface area (Å²) >= 11 is 10.9. The van der Waals surface area contributed by atoms with Crippen molar-refractivity contribution < 1.29 is 23.5 Å². The molecule has 2 saturated heterocycles. The number of cyclic esters (lactones) is 1. The molecule has 2 fully saturated rings. The van der Waals surface area contributed by atoms with Gasteiger partial charge in [0.15, 0.2) is 4.84 Å². The lowest BCUT2D eigenvalue weighted by molar-refractivity contribution is -0.119. The topological polar surface area (TPSA) is 71.1 Å². The molecule has 1 aromatic rings. The third-order valence-electron chi connectivity index (χ3n) is 4.17. The Morgan fingerprint density at radius 3 is 2.73 bits per heavy atom. The molecule has 7 nitrogen and oxygen atoms in total. The fourth-order valence-electron chi connectivity index (χ4n) is 2.85. The van der Waals surface area contributed by atoms with Gasteiger partial charge in [-0.3, -0.25) is 9.69 Å². The molecule has 2 aliphatic heterocycles. The van der Waals surface area contributed by atoms with E-state index in [1.54, 1.807) is 12.1 Å². The van der Waals surface area contributed by atoms with Crippen molar-refractivity contribution >= 4 is 46.6 Å². The highest BCUT2D eigenvalue weighted by Crippen LogP contribution is 2.28. The first-order chi connectivity index (χ1) is 12.5. The van der Waals surface area contributed by atoms with E-state index in [-0.39, 0.29) is 13.1 Å². The number of ether oxygens (including phenoxy) is 2. The number of alkyl halides is 2. The van der Waals surface area contributed by atoms with Crippen LogP contribution in [0.5, 0.6) is 0 Å². The van der Waals surface area contributed by atoms with E-state index in [2.05, 4.69) is 5.32 Å². The van der Waals surface area contributed by atoms with Crippen molar-refractivity contribution in [1.82, 2.24) is 5.32 Å². The number of carbonyl (C=O) groups is 2. The molecular weight excluding hydrogens is 388 g/mol. The number of hydrogen-bond acceptors (Lipinski definition) is 5. The molecule has 142 valence electrons. The third-order valence-corrected chi connectivity index (χ3v) is 4.57. The molecule has 2 amide bonds. The lowest BCUT2D eigenvalue weighted by Crippen LogP contribution is -2.37. The maximum Gasteiger partial charge on any atom is 0.414 e. The number of carbonyl (C=O) groups excluding carboxylic acids is 2. The fraction of sp³-hybridized carbons (Fsp3) is 0.500. The minimum absolute atomic E-state index is 0.0748. The van der Waals surface area contributed by atoms with Crippen LogP contribution < -0.4 is 15.1 Å². The van der Waals surface area contributed by atoms with Crippen LogP contribution in [0.15, 0.2) is 18.2 Å². The summed E-state index contributed by atoms with van der Waals surface area (Å²) in [6.45, 7) is 2.60. The molecule has 2 aliphatic rings. The monoisotopic (exact) mass is 405 g/mol. The molecule has 0 bridgehead atoms. The quantitative estimate of drug-likeness (QED) is 0.757. The van der Waals surface area contributed by atoms with Gasteiger partial charge in [-0.15, -0.1) is 0 Å². The first-order valence-electron chi connectivity index (χ1n) is 8.12. The average Bonchev–Trinajstić information content (AvgIpc) is 3.01. The second kappa shape index (κ2) is 8.28. The van der Waals surface area contributed by atoms with Gasteiger partial charge in [-0.25, -0.2) is 9.18 Å². The Morgan fingerprint density at radius 1 is 1.35 bits per heavy atom. The van der Waals surface area contributed by atoms with Crippen LogP contribution in [0.2, 0.25) is 0 Å². The maximum atomic E-state index is 14.5. The zero-order chi connectivity index (χ0) is 18.7. The second-order valence-corrected chi connectivity index (χ2v) is 6.99. The molecule has 0 aromatic heterocycles. The summed E-state index contributed by atoms with van der Waals surface area (Å²) in [5.41, 5.74) is 0.870. The van der Waals surface area contributed by atoms with Gasteiger partial charge in [0.25, 0.3) is 5.91 Å². The predicted octanol–water partition coefficient (Wildman–Crippen LogP) is 1.91. The van der Waals surface area contributed by atoms with Crippen LogP contribution >= 0.6 is 23.2 Å². The third kappa shape index (κ3) is 4.31. The number of halogens is 3. The largest absolute Gasteiger partial charge is 0.442 e. The molecule has 1 N–H and O–H groups in total. The smallest absolute Gasteiger partial charge is 0.414 e. The van der Waals surface area contributed by atoms with Gasteiger partial charge in [0.05, 0.1) is 37.7 Å². The molecule has 1 aromatic carbocycles. The van der Waals surface area contributed by atoms with E-state index in [9.17, 15) is 14.0 Å². The van der Waals surface area contributed by atoms with Gasteiger partial charge in [-0.05, 0) is 18.2 Å². The summed E-state index contributed by atoms with van der Waals surface area (Å²) in [7, 11) is 0. The first-order valence-corrected chi connectivity index (χ1v) is 8.99. The van der Waals surface area contributed by atoms with E-state index >= 15 is 0 Å². The Morgan fingerprint density at radius 2 is 2.08 bits per heavy atom. The zero-order valence-corrected chi connectivity index (χ0v) is 15.3. The summed E-state index contributed by atoms with van der Waals surface area (Å²) in [5, 5.41) is 2.48. The highest BCUT2D eigenvalue weighted by Gasteiger charge is 2.33. The summed E-state index contributed by atoms with van der Waals surface area (Å²) < 4.78 is 25.0. The number of nitrogens with zero attached hydrogens (tertiary/aromatic N) is 2. The number of rotatable bonds is 5. The van der Waals surface area contributed by atoms with Gasteiger partial charge in [0.2, 0.25) is 0 Å². The number of nitrogens with one attached hydrogen (secondary N) is 1. The van der Waals surface area contributed by atoms with E-state index in [0.717, 1.165) is 0 Å². The number of anilines is 2. The SMILES string of the molecule is O=C(NC[C@H]1CN(c2ccc(N3CCOCC3)c(F)c2)C(=O)O1)C(Cl)Cl. The van der Waals surface area contributed by atoms with Crippen LogP contribution in [-0.2, 0) is 14.3 Å². The average molecular weight is 406 g/mol. The van der Waals surface area contributed by atoms with Crippen molar-refractivity contribution in [2.45, 2.75) is 10.9 Å². The van der Waals surface area contributed by atoms with E-state index in [1.165, 1.54) is 11.0 Å². The maximum absolute atomic E-state index is 14.5. The molecule has 10 heteroatoms. The number of amides is 2. The van der Waals surface area contributed by atoms with Crippen molar-refractivity contribution in [1.29, 1.82) is 0 Å². The molecule has 0 unspecified atom stereocenters. The molecule has 2 heterocycles. The molecule has 0 spiro atoms. The van der Waals surface area contributed by atoms with Crippen molar-refractivity contribution in [3.8, 4) is 0 Å². The van der Waals surface area contributed by atoms with E-state index < -0.39 is 28.8 Å². The van der Waals surface area contributed by atoms with Gasteiger partial charge < -0.3 is 19.7 Å². The molecule has 0 saturated carbocycles. The standard InChI is InChI=1S/C16H18Cl2FN3O4/c17-14(18)15(23)20-8-11-9-22(16(24)26-11)10-1-2-13(12(19)7-10)21-3-5-25-6-4-21/h1-2,7,11,14H,3-6,8-9H2,(H,20,23)/t11-/m0/s1. The normalized spacial score (nSPS) is 20.5. The Bertz CT molecular complexity index is 685. The molecule has 0 aliphatic carbocycles. The van der Waals surface area contributed by atoms with Crippen molar-refractivity contribution in [3.05, 3.63) is 24.0 Å². The van der Waals surface area contributed by atoms with Gasteiger partial charge in [0, 0.05) is 13.1 Å². The number of hydrogen-bond donors (Lipinski definition) is 1. The van der Waals surface area contributed by atoms with Crippen LogP contribution in [0, 0.1) is 5.82 Å². The second-order valence-electron chi connectivity index (χ2n) is 5.90. The highest BCUT2D eigenvalue weighted by atomic mass is 35.5. The van der Waals surface area contributed by atoms with Gasteiger partial charge in [0.1, 0.15) is 11.9 Å². The predicted molar refractivity (Wildman–Crippen MR) is 95.6 cm³/mol. The molecule has 0 radical (unpaired) electrons. The molecule has 1 atom stereocenters. The number of morpholine rings is 1. The molecule has 26 heavy (non-hydrogen) atoms. The van der Waals surface area contributed by atoms with E-state index in [4.69, 9.17) is 32.7 Å². The van der Waals surface area contributed by atoms with Gasteiger partial charge >= 0.3 is 6.09 Å². The zero-order valence-electron chi connectivity index (χ0n) is 13.8. The van der Waals surface area contributed by atoms with Crippen molar-refractivity contribution in [2.75, 3.05) is 49.2 Å². The lowest BCUT2D eigenvalue weighted by atomic mass is 10.2. The van der Waals surface area contributed by atoms with Gasteiger partial charge in [-0.2, -0.15) is 0 Å². The summed E-state index contributed by atoms with van der Waals surface area (Å²) in [5.74, 6) is -0.982. The molecular formula is C16H18Cl2FN3O4. The van der Waals surface area contributed by atoms with Gasteiger partial charge in [-0.1, -0.05) is 23.2 Å². The minimum atomic E-state index is -1.19. The Balaban J connectivity index is 1.64. The van der Waals surface area contributed by atoms with E-state index in [1.807, 2.05) is 4.90 Å². The Labute approximate surface area is 159 Å². The van der Waals surface area contributed by atoms with Crippen LogP contribution in [0.3, 0.4) is 0 Å². The van der Waals surface area contributed by atoms with Crippen LogP contribution in [0.25, 0.3) is 0 Å². The lowest BCUT2D eigenvalue weighted by Gasteiger charge is -2.29. The Hall–Kier alpha value is -1.77. The molecule has 3 rings (SSSR count). The highest BCUT2D eigenvalue weighted by molar-refractivity contribution is 6.53. The first kappa shape index (κ1) is 19.0. The summed E-state index contributed by atoms with van der Waals surface area (Å²) in [6.07, 6.45) is -1.17. The minimum Gasteiger partial charge on any atom is -0.442 e.